The van der Waals surface area contributed by atoms with Crippen molar-refractivity contribution in [3.63, 3.8) is 0 Å². The fourth-order valence-electron chi connectivity index (χ4n) is 1.47. The van der Waals surface area contributed by atoms with Crippen LogP contribution in [0, 0.1) is 0 Å². The van der Waals surface area contributed by atoms with Crippen LogP contribution in [0.1, 0.15) is 41.0 Å². The molecule has 0 unspecified atom stereocenters. The molecule has 0 aliphatic rings. The number of hydrogen-bond acceptors (Lipinski definition) is 3. The Balaban J connectivity index is 4.28. The summed E-state index contributed by atoms with van der Waals surface area (Å²) in [6.45, 7) is 14.4. The van der Waals surface area contributed by atoms with Crippen LogP contribution in [0.4, 0.5) is 0 Å². The van der Waals surface area contributed by atoms with Gasteiger partial charge in [-0.05, 0) is 47.1 Å². The van der Waals surface area contributed by atoms with E-state index in [0.717, 1.165) is 0 Å². The quantitative estimate of drug-likeness (QED) is 0.507. The first-order valence-electron chi connectivity index (χ1n) is 7.28. The molecule has 0 bridgehead atoms. The van der Waals surface area contributed by atoms with Gasteiger partial charge in [-0.3, -0.25) is 4.79 Å². The van der Waals surface area contributed by atoms with Crippen LogP contribution < -0.4 is 11.1 Å². The van der Waals surface area contributed by atoms with Crippen LogP contribution in [-0.4, -0.2) is 30.2 Å². The normalized spacial score (nSPS) is 13.5. The summed E-state index contributed by atoms with van der Waals surface area (Å²) in [6, 6.07) is 0. The first-order valence-corrected chi connectivity index (χ1v) is 7.28. The maximum atomic E-state index is 11.9. The van der Waals surface area contributed by atoms with Crippen LogP contribution in [-0.2, 0) is 9.53 Å². The zero-order valence-corrected chi connectivity index (χ0v) is 14.0. The Kier molecular flexibility index (Phi) is 8.22. The second kappa shape index (κ2) is 8.80. The molecule has 0 atom stereocenters. The van der Waals surface area contributed by atoms with Gasteiger partial charge in [0.15, 0.2) is 0 Å². The molecule has 0 heterocycles. The van der Waals surface area contributed by atoms with Gasteiger partial charge < -0.3 is 15.8 Å². The van der Waals surface area contributed by atoms with Crippen LogP contribution in [0.3, 0.4) is 0 Å². The monoisotopic (exact) mass is 294 g/mol. The fourth-order valence-corrected chi connectivity index (χ4v) is 1.47. The molecule has 4 nitrogen and oxygen atoms in total. The summed E-state index contributed by atoms with van der Waals surface area (Å²) >= 11 is 0. The lowest BCUT2D eigenvalue weighted by molar-refractivity contribution is -0.117. The number of carbonyl (C=O) groups is 1. The second-order valence-electron chi connectivity index (χ2n) is 6.39. The number of nitrogens with two attached hydrogens (primary N) is 1. The minimum atomic E-state index is -0.355. The smallest absolute Gasteiger partial charge is 0.251 e. The molecule has 0 aromatic carbocycles. The third-order valence-corrected chi connectivity index (χ3v) is 2.80. The highest BCUT2D eigenvalue weighted by molar-refractivity contribution is 5.96. The van der Waals surface area contributed by atoms with E-state index in [-0.39, 0.29) is 17.0 Å². The molecule has 21 heavy (non-hydrogen) atoms. The van der Waals surface area contributed by atoms with Gasteiger partial charge in [-0.2, -0.15) is 0 Å². The van der Waals surface area contributed by atoms with Crippen LogP contribution in [0.2, 0.25) is 0 Å². The number of nitrogens with one attached hydrogen (secondary N) is 1. The molecule has 0 spiro atoms. The van der Waals surface area contributed by atoms with Gasteiger partial charge in [0.1, 0.15) is 0 Å². The summed E-state index contributed by atoms with van der Waals surface area (Å²) in [5.74, 6) is -0.127. The molecule has 1 amide bonds. The van der Waals surface area contributed by atoms with E-state index < -0.39 is 0 Å². The maximum absolute atomic E-state index is 11.9. The lowest BCUT2D eigenvalue weighted by atomic mass is 10.0. The van der Waals surface area contributed by atoms with Gasteiger partial charge in [0, 0.05) is 17.7 Å². The Morgan fingerprint density at radius 1 is 1.33 bits per heavy atom. The van der Waals surface area contributed by atoms with Crippen molar-refractivity contribution in [3.05, 3.63) is 36.5 Å². The number of amides is 1. The first kappa shape index (κ1) is 19.6. The SMILES string of the molecule is C=C/C(=C\C=C/C)C(=O)NCCC(C)(C)OCC(C)(C)N. The van der Waals surface area contributed by atoms with E-state index >= 15 is 0 Å². The summed E-state index contributed by atoms with van der Waals surface area (Å²) < 4.78 is 5.81. The number of carbonyl (C=O) groups excluding carboxylic acids is 1. The van der Waals surface area contributed by atoms with Crippen LogP contribution in [0.15, 0.2) is 36.5 Å². The van der Waals surface area contributed by atoms with Gasteiger partial charge >= 0.3 is 0 Å². The molecule has 0 rings (SSSR count). The number of allylic oxidation sites excluding steroid dienone is 3. The fraction of sp³-hybridized carbons (Fsp3) is 0.588. The van der Waals surface area contributed by atoms with E-state index in [2.05, 4.69) is 11.9 Å². The van der Waals surface area contributed by atoms with Gasteiger partial charge in [0.25, 0.3) is 5.91 Å². The molecule has 0 fully saturated rings. The van der Waals surface area contributed by atoms with Crippen molar-refractivity contribution in [1.29, 1.82) is 0 Å². The number of hydrogen-bond donors (Lipinski definition) is 2. The van der Waals surface area contributed by atoms with E-state index in [4.69, 9.17) is 10.5 Å². The molecule has 0 aliphatic carbocycles. The lowest BCUT2D eigenvalue weighted by Gasteiger charge is -2.30. The molecule has 0 saturated carbocycles. The molecule has 0 aliphatic heterocycles. The predicted molar refractivity (Wildman–Crippen MR) is 89.0 cm³/mol. The van der Waals surface area contributed by atoms with Crippen molar-refractivity contribution in [1.82, 2.24) is 5.32 Å². The highest BCUT2D eigenvalue weighted by Gasteiger charge is 2.22. The van der Waals surface area contributed by atoms with Gasteiger partial charge in [-0.15, -0.1) is 0 Å². The molecule has 4 heteroatoms. The van der Waals surface area contributed by atoms with Gasteiger partial charge in [0.2, 0.25) is 0 Å². The molecule has 0 aromatic heterocycles. The topological polar surface area (TPSA) is 64.3 Å². The second-order valence-corrected chi connectivity index (χ2v) is 6.39. The van der Waals surface area contributed by atoms with Crippen molar-refractivity contribution in [3.8, 4) is 0 Å². The molecular formula is C17H30N2O2. The predicted octanol–water partition coefficient (Wildman–Crippen LogP) is 2.71. The van der Waals surface area contributed by atoms with Gasteiger partial charge in [-0.1, -0.05) is 24.8 Å². The van der Waals surface area contributed by atoms with Crippen molar-refractivity contribution < 1.29 is 9.53 Å². The zero-order chi connectivity index (χ0) is 16.5. The molecule has 3 N–H and O–H groups in total. The first-order chi connectivity index (χ1) is 9.61. The van der Waals surface area contributed by atoms with Crippen molar-refractivity contribution in [2.24, 2.45) is 5.73 Å². The lowest BCUT2D eigenvalue weighted by Crippen LogP contribution is -2.42. The van der Waals surface area contributed by atoms with Crippen molar-refractivity contribution >= 4 is 5.91 Å². The molecule has 0 radical (unpaired) electrons. The molecule has 0 aromatic rings. The average Bonchev–Trinajstić information content (AvgIpc) is 2.36. The Labute approximate surface area is 129 Å². The van der Waals surface area contributed by atoms with Crippen molar-refractivity contribution in [2.75, 3.05) is 13.2 Å². The van der Waals surface area contributed by atoms with Crippen LogP contribution >= 0.6 is 0 Å². The van der Waals surface area contributed by atoms with E-state index in [1.165, 1.54) is 0 Å². The third kappa shape index (κ3) is 10.0. The Morgan fingerprint density at radius 2 is 1.95 bits per heavy atom. The minimum Gasteiger partial charge on any atom is -0.374 e. The zero-order valence-electron chi connectivity index (χ0n) is 14.0. The van der Waals surface area contributed by atoms with Crippen LogP contribution in [0.25, 0.3) is 0 Å². The standard InChI is InChI=1S/C17H30N2O2/c1-7-9-10-14(8-2)15(20)19-12-11-17(5,6)21-13-16(3,4)18/h7-10H,2,11-13,18H2,1,3-6H3,(H,19,20)/b9-7-,14-10+. The summed E-state index contributed by atoms with van der Waals surface area (Å²) in [5, 5.41) is 2.87. The Hall–Kier alpha value is -1.39. The summed E-state index contributed by atoms with van der Waals surface area (Å²) in [5.41, 5.74) is 5.77. The van der Waals surface area contributed by atoms with Crippen LogP contribution in [0.5, 0.6) is 0 Å². The largest absolute Gasteiger partial charge is 0.374 e. The third-order valence-electron chi connectivity index (χ3n) is 2.80. The van der Waals surface area contributed by atoms with Crippen molar-refractivity contribution in [2.45, 2.75) is 52.2 Å². The molecule has 0 saturated heterocycles. The molecular weight excluding hydrogens is 264 g/mol. The Bertz CT molecular complexity index is 402. The minimum absolute atomic E-state index is 0.127. The highest BCUT2D eigenvalue weighted by Crippen LogP contribution is 2.15. The van der Waals surface area contributed by atoms with Gasteiger partial charge in [-0.25, -0.2) is 0 Å². The van der Waals surface area contributed by atoms with Gasteiger partial charge in [0.05, 0.1) is 12.2 Å². The maximum Gasteiger partial charge on any atom is 0.251 e. The highest BCUT2D eigenvalue weighted by atomic mass is 16.5. The van der Waals surface area contributed by atoms with E-state index in [1.54, 1.807) is 12.2 Å². The summed E-state index contributed by atoms with van der Waals surface area (Å²) in [4.78, 5) is 11.9. The number of rotatable bonds is 9. The average molecular weight is 294 g/mol. The summed E-state index contributed by atoms with van der Waals surface area (Å²) in [7, 11) is 0. The number of ether oxygens (including phenoxy) is 1. The van der Waals surface area contributed by atoms with E-state index in [1.807, 2.05) is 46.8 Å². The Morgan fingerprint density at radius 3 is 2.43 bits per heavy atom. The van der Waals surface area contributed by atoms with E-state index in [0.29, 0.717) is 25.1 Å². The van der Waals surface area contributed by atoms with E-state index in [9.17, 15) is 4.79 Å². The molecule has 120 valence electrons. The summed E-state index contributed by atoms with van der Waals surface area (Å²) in [6.07, 6.45) is 7.67.